The van der Waals surface area contributed by atoms with Gasteiger partial charge in [-0.05, 0) is 155 Å². The van der Waals surface area contributed by atoms with Gasteiger partial charge in [-0.2, -0.15) is 30.0 Å². The molecular weight excluding hydrogens is 1110 g/mol. The number of hydrogen-bond donors (Lipinski definition) is 1. The Bertz CT molecular complexity index is 4140. The van der Waals surface area contributed by atoms with Crippen molar-refractivity contribution in [3.63, 3.8) is 0 Å². The lowest BCUT2D eigenvalue weighted by Crippen LogP contribution is -2.38. The molecule has 0 saturated heterocycles. The summed E-state index contributed by atoms with van der Waals surface area (Å²) in [7, 11) is 0. The molecule has 13 aromatic rings. The van der Waals surface area contributed by atoms with E-state index in [0.29, 0.717) is 50.6 Å². The molecule has 10 aromatic carbocycles. The number of para-hydroxylation sites is 4. The Labute approximate surface area is 526 Å². The maximum atomic E-state index is 6.06. The number of anilines is 6. The summed E-state index contributed by atoms with van der Waals surface area (Å²) < 4.78 is 12.1. The van der Waals surface area contributed by atoms with Gasteiger partial charge in [0.05, 0.1) is 26.3 Å². The van der Waals surface area contributed by atoms with Gasteiger partial charge in [0.1, 0.15) is 39.1 Å². The van der Waals surface area contributed by atoms with Gasteiger partial charge in [-0.1, -0.05) is 175 Å². The first-order valence-electron chi connectivity index (χ1n) is 31.6. The van der Waals surface area contributed by atoms with Crippen molar-refractivity contribution < 1.29 is 14.3 Å². The molecule has 3 aromatic heterocycles. The van der Waals surface area contributed by atoms with E-state index in [1.165, 1.54) is 0 Å². The molecule has 450 valence electrons. The summed E-state index contributed by atoms with van der Waals surface area (Å²) in [6.07, 6.45) is 2.66. The zero-order chi connectivity index (χ0) is 61.5. The number of rotatable bonds is 24. The van der Waals surface area contributed by atoms with Crippen LogP contribution in [0.25, 0.3) is 77.6 Å². The third kappa shape index (κ3) is 12.8. The van der Waals surface area contributed by atoms with Crippen LogP contribution in [0.5, 0.6) is 11.5 Å². The van der Waals surface area contributed by atoms with E-state index in [1.807, 2.05) is 38.7 Å². The van der Waals surface area contributed by atoms with Crippen molar-refractivity contribution in [1.29, 1.82) is 0 Å². The van der Waals surface area contributed by atoms with Gasteiger partial charge in [-0.25, -0.2) is 0 Å². The molecule has 0 atom stereocenters. The van der Waals surface area contributed by atoms with Crippen LogP contribution >= 0.6 is 0 Å². The topological polar surface area (TPSA) is 119 Å². The highest BCUT2D eigenvalue weighted by Crippen LogP contribution is 2.44. The van der Waals surface area contributed by atoms with Crippen LogP contribution in [0.15, 0.2) is 231 Å². The fraction of sp³-hybridized carbons (Fsp3) is 0.221. The van der Waals surface area contributed by atoms with E-state index in [1.54, 1.807) is 0 Å². The van der Waals surface area contributed by atoms with Crippen LogP contribution in [0.4, 0.5) is 34.1 Å². The summed E-state index contributed by atoms with van der Waals surface area (Å²) >= 11 is 0. The number of hydrogen-bond acceptors (Lipinski definition) is 9. The Kier molecular flexibility index (Phi) is 17.3. The van der Waals surface area contributed by atoms with Gasteiger partial charge in [0.2, 0.25) is 6.54 Å². The molecule has 1 N–H and O–H groups in total. The molecule has 90 heavy (non-hydrogen) atoms. The predicted molar refractivity (Wildman–Crippen MR) is 365 cm³/mol. The van der Waals surface area contributed by atoms with E-state index in [2.05, 4.69) is 263 Å². The fourth-order valence-electron chi connectivity index (χ4n) is 11.7. The van der Waals surface area contributed by atoms with Crippen molar-refractivity contribution in [2.45, 2.75) is 80.4 Å². The standard InChI is InChI=1S/C77H76N11O2/c1-53(2)50-86-82-76-70(58-30-38-64(39-31-58)87(60-22-12-7-13-23-60)61-24-14-8-15-25-61)74-75(71(77(76)83-86)59-32-40-65(41-33-59)88(62-26-16-9-17-27-62)63-28-18-10-19-29-63)81-85(80-74)49-21-11-20-48-84-78-72-68(56-34-42-66(43-35-56)89-51-54(3)4)46-47-69(73(72)79-84)57-36-44-67(45-37-57)90-52-55(5)6/h7-10,12-19,22-47,53-55H,11,20-21,48-52H2,1-6H3,(H,80,81)/q+1. The molecule has 13 heteroatoms. The lowest BCUT2D eigenvalue weighted by atomic mass is 9.95. The number of benzene rings is 10. The molecule has 0 saturated carbocycles. The zero-order valence-corrected chi connectivity index (χ0v) is 52.1. The van der Waals surface area contributed by atoms with Crippen molar-refractivity contribution in [1.82, 2.24) is 40.2 Å². The Balaban J connectivity index is 0.841. The van der Waals surface area contributed by atoms with E-state index in [4.69, 9.17) is 35.0 Å². The maximum absolute atomic E-state index is 6.06. The molecule has 0 aliphatic heterocycles. The van der Waals surface area contributed by atoms with Crippen LogP contribution in [-0.2, 0) is 19.6 Å². The number of H-pyrrole nitrogens is 1. The Morgan fingerprint density at radius 3 is 1.19 bits per heavy atom. The summed E-state index contributed by atoms with van der Waals surface area (Å²) in [5, 5.41) is 30.5. The normalized spacial score (nSPS) is 11.7. The second kappa shape index (κ2) is 26.5. The van der Waals surface area contributed by atoms with Crippen molar-refractivity contribution in [3.05, 3.63) is 231 Å². The van der Waals surface area contributed by atoms with Gasteiger partial charge in [-0.15, -0.1) is 5.10 Å². The smallest absolute Gasteiger partial charge is 0.200 e. The van der Waals surface area contributed by atoms with Crippen LogP contribution < -0.4 is 24.1 Å². The minimum atomic E-state index is 0.320. The van der Waals surface area contributed by atoms with E-state index in [9.17, 15) is 0 Å². The van der Waals surface area contributed by atoms with Crippen molar-refractivity contribution in [2.24, 2.45) is 17.8 Å². The summed E-state index contributed by atoms with van der Waals surface area (Å²) in [5.74, 6) is 2.91. The molecule has 0 unspecified atom stereocenters. The Morgan fingerprint density at radius 1 is 0.378 bits per heavy atom. The first kappa shape index (κ1) is 58.6. The zero-order valence-electron chi connectivity index (χ0n) is 52.1. The molecule has 13 rings (SSSR count). The second-order valence-electron chi connectivity index (χ2n) is 24.4. The lowest BCUT2D eigenvalue weighted by Gasteiger charge is -2.25. The molecule has 0 spiro atoms. The van der Waals surface area contributed by atoms with Crippen molar-refractivity contribution in [2.75, 3.05) is 23.0 Å². The fourth-order valence-corrected chi connectivity index (χ4v) is 11.7. The van der Waals surface area contributed by atoms with E-state index in [-0.39, 0.29) is 0 Å². The number of nitrogens with zero attached hydrogens (tertiary/aromatic N) is 10. The molecule has 0 radical (unpaired) electrons. The number of unbranched alkanes of at least 4 members (excludes halogenated alkanes) is 2. The minimum absolute atomic E-state index is 0.320. The van der Waals surface area contributed by atoms with E-state index in [0.717, 1.165) is 142 Å². The monoisotopic (exact) mass is 1190 g/mol. The van der Waals surface area contributed by atoms with E-state index >= 15 is 0 Å². The summed E-state index contributed by atoms with van der Waals surface area (Å²) in [4.78, 5) is 10.3. The maximum Gasteiger partial charge on any atom is 0.200 e. The molecular formula is C77H76N11O2+. The van der Waals surface area contributed by atoms with Crippen LogP contribution in [-0.4, -0.2) is 53.4 Å². The van der Waals surface area contributed by atoms with Gasteiger partial charge in [-0.3, -0.25) is 0 Å². The van der Waals surface area contributed by atoms with Crippen molar-refractivity contribution in [3.8, 4) is 56.0 Å². The van der Waals surface area contributed by atoms with Gasteiger partial charge >= 0.3 is 0 Å². The summed E-state index contributed by atoms with van der Waals surface area (Å²) in [6, 6.07) is 80.7. The quantitative estimate of drug-likeness (QED) is 0.0466. The van der Waals surface area contributed by atoms with Crippen LogP contribution in [0, 0.1) is 17.8 Å². The van der Waals surface area contributed by atoms with Gasteiger partial charge < -0.3 is 19.3 Å². The van der Waals surface area contributed by atoms with Crippen LogP contribution in [0.3, 0.4) is 0 Å². The molecule has 0 aliphatic carbocycles. The largest absolute Gasteiger partial charge is 0.493 e. The molecule has 13 nitrogen and oxygen atoms in total. The number of aromatic amines is 1. The Hall–Kier alpha value is -10.4. The SMILES string of the molecule is CC(C)COc1ccc(-c2ccc(-c3ccc(OCC(C)C)cc3)c3nn(CCCCC[n+]4nc5c(-c6ccc(N(c7ccccc7)c7ccccc7)cc6)c6nn(CC(C)C)nc6c(-c6ccc(N(c7ccccc7)c7ccccc7)cc6)c5[nH]4)nc23)cc1. The summed E-state index contributed by atoms with van der Waals surface area (Å²) in [5.41, 5.74) is 19.5. The third-order valence-corrected chi connectivity index (χ3v) is 16.0. The third-order valence-electron chi connectivity index (χ3n) is 16.0. The molecule has 0 bridgehead atoms. The highest BCUT2D eigenvalue weighted by atomic mass is 16.5. The molecule has 0 aliphatic rings. The highest BCUT2D eigenvalue weighted by Gasteiger charge is 2.28. The number of aromatic nitrogens is 9. The Morgan fingerprint density at radius 2 is 0.767 bits per heavy atom. The average Bonchev–Trinajstić information content (AvgIpc) is 1.56. The first-order valence-corrected chi connectivity index (χ1v) is 31.6. The lowest BCUT2D eigenvalue weighted by molar-refractivity contribution is -0.800. The van der Waals surface area contributed by atoms with E-state index < -0.39 is 0 Å². The van der Waals surface area contributed by atoms with Gasteiger partial charge in [0, 0.05) is 67.9 Å². The van der Waals surface area contributed by atoms with Crippen molar-refractivity contribution >= 4 is 67.2 Å². The minimum Gasteiger partial charge on any atom is -0.493 e. The van der Waals surface area contributed by atoms with Crippen LogP contribution in [0.1, 0.15) is 60.8 Å². The van der Waals surface area contributed by atoms with Crippen LogP contribution in [0.2, 0.25) is 0 Å². The number of fused-ring (bicyclic) bond motifs is 3. The first-order chi connectivity index (χ1) is 44.1. The molecule has 0 amide bonds. The number of nitrogens with one attached hydrogen (secondary N) is 1. The molecule has 3 heterocycles. The second-order valence-corrected chi connectivity index (χ2v) is 24.4. The number of aryl methyl sites for hydroxylation is 2. The molecule has 0 fully saturated rings. The van der Waals surface area contributed by atoms with Gasteiger partial charge in [0.25, 0.3) is 0 Å². The average molecular weight is 1190 g/mol. The number of ether oxygens (including phenoxy) is 2. The highest BCUT2D eigenvalue weighted by molar-refractivity contribution is 6.16. The predicted octanol–water partition coefficient (Wildman–Crippen LogP) is 18.5. The summed E-state index contributed by atoms with van der Waals surface area (Å²) in [6.45, 7) is 16.4. The van der Waals surface area contributed by atoms with Gasteiger partial charge in [0.15, 0.2) is 5.52 Å².